The van der Waals surface area contributed by atoms with Crippen molar-refractivity contribution in [2.24, 2.45) is 0 Å². The van der Waals surface area contributed by atoms with E-state index in [1.165, 1.54) is 5.56 Å². The Morgan fingerprint density at radius 3 is 2.27 bits per heavy atom. The number of phenolic OH excluding ortho intramolecular Hbond substituents is 1. The number of halogens is 1. The summed E-state index contributed by atoms with van der Waals surface area (Å²) in [5, 5.41) is 10.1. The van der Waals surface area contributed by atoms with Crippen molar-refractivity contribution in [3.05, 3.63) is 58.6 Å². The minimum Gasteiger partial charge on any atom is -0.508 e. The number of aromatic hydroxyl groups is 1. The Morgan fingerprint density at radius 2 is 1.62 bits per heavy atom. The van der Waals surface area contributed by atoms with E-state index >= 15 is 0 Å². The van der Waals surface area contributed by atoms with Crippen molar-refractivity contribution in [3.8, 4) is 11.5 Å². The van der Waals surface area contributed by atoms with Crippen LogP contribution in [0.3, 0.4) is 0 Å². The number of benzene rings is 2. The second-order valence-corrected chi connectivity index (χ2v) is 7.29. The molecular weight excluding hydrogens is 348 g/mol. The van der Waals surface area contributed by atoms with Gasteiger partial charge in [-0.15, -0.1) is 0 Å². The molecule has 1 aliphatic heterocycles. The number of piperazine rings is 1. The molecule has 2 aromatic rings. The summed E-state index contributed by atoms with van der Waals surface area (Å²) in [6, 6.07) is 13.3. The molecule has 5 heteroatoms. The van der Waals surface area contributed by atoms with E-state index in [-0.39, 0.29) is 0 Å². The van der Waals surface area contributed by atoms with Gasteiger partial charge in [0, 0.05) is 44.3 Å². The van der Waals surface area contributed by atoms with Crippen LogP contribution in [0, 0.1) is 6.92 Å². The van der Waals surface area contributed by atoms with Crippen molar-refractivity contribution in [1.82, 2.24) is 9.80 Å². The molecule has 0 radical (unpaired) electrons. The smallest absolute Gasteiger partial charge is 0.122 e. The number of nitrogens with zero attached hydrogens (tertiary/aromatic N) is 2. The van der Waals surface area contributed by atoms with Crippen LogP contribution in [0.15, 0.2) is 42.5 Å². The van der Waals surface area contributed by atoms with Crippen LogP contribution in [0.5, 0.6) is 11.5 Å². The SMILES string of the molecule is Cc1cc(Cl)ccc1OCCN1CCN(CCc2ccc(O)cc2)CC1. The second-order valence-electron chi connectivity index (χ2n) is 6.86. The molecule has 3 rings (SSSR count). The largest absolute Gasteiger partial charge is 0.508 e. The summed E-state index contributed by atoms with van der Waals surface area (Å²) in [7, 11) is 0. The third-order valence-electron chi connectivity index (χ3n) is 4.92. The van der Waals surface area contributed by atoms with Crippen molar-refractivity contribution in [2.75, 3.05) is 45.9 Å². The molecule has 0 spiro atoms. The molecule has 0 aromatic heterocycles. The molecule has 1 saturated heterocycles. The van der Waals surface area contributed by atoms with Crippen molar-refractivity contribution in [3.63, 3.8) is 0 Å². The zero-order valence-electron chi connectivity index (χ0n) is 15.3. The number of hydrogen-bond donors (Lipinski definition) is 1. The van der Waals surface area contributed by atoms with Gasteiger partial charge >= 0.3 is 0 Å². The average Bonchev–Trinajstić information content (AvgIpc) is 2.64. The maximum Gasteiger partial charge on any atom is 0.122 e. The van der Waals surface area contributed by atoms with Crippen LogP contribution in [-0.2, 0) is 6.42 Å². The first kappa shape index (κ1) is 19.0. The first-order valence-corrected chi connectivity index (χ1v) is 9.59. The quantitative estimate of drug-likeness (QED) is 0.803. The van der Waals surface area contributed by atoms with Gasteiger partial charge in [0.2, 0.25) is 0 Å². The molecule has 2 aromatic carbocycles. The van der Waals surface area contributed by atoms with Crippen LogP contribution in [0.4, 0.5) is 0 Å². The molecule has 140 valence electrons. The summed E-state index contributed by atoms with van der Waals surface area (Å²) in [6.45, 7) is 9.10. The van der Waals surface area contributed by atoms with Crippen LogP contribution in [-0.4, -0.2) is 60.8 Å². The van der Waals surface area contributed by atoms with Crippen LogP contribution < -0.4 is 4.74 Å². The van der Waals surface area contributed by atoms with Crippen molar-refractivity contribution in [1.29, 1.82) is 0 Å². The molecule has 1 aliphatic rings. The first-order valence-electron chi connectivity index (χ1n) is 9.22. The highest BCUT2D eigenvalue weighted by molar-refractivity contribution is 6.30. The fourth-order valence-corrected chi connectivity index (χ4v) is 3.47. The second kappa shape index (κ2) is 9.26. The molecule has 1 fully saturated rings. The number of rotatable bonds is 7. The van der Waals surface area contributed by atoms with Gasteiger partial charge in [-0.05, 0) is 54.8 Å². The lowest BCUT2D eigenvalue weighted by atomic mass is 10.1. The lowest BCUT2D eigenvalue weighted by Gasteiger charge is -2.34. The van der Waals surface area contributed by atoms with Crippen molar-refractivity contribution < 1.29 is 9.84 Å². The fourth-order valence-electron chi connectivity index (χ4n) is 3.25. The van der Waals surface area contributed by atoms with Crippen molar-refractivity contribution in [2.45, 2.75) is 13.3 Å². The molecule has 1 heterocycles. The minimum atomic E-state index is 0.332. The Hall–Kier alpha value is -1.75. The standard InChI is InChI=1S/C21H27ClN2O2/c1-17-16-19(22)4-7-21(17)26-15-14-24-12-10-23(11-13-24)9-8-18-2-5-20(25)6-3-18/h2-7,16,25H,8-15H2,1H3. The third-order valence-corrected chi connectivity index (χ3v) is 5.16. The molecule has 26 heavy (non-hydrogen) atoms. The van der Waals surface area contributed by atoms with Gasteiger partial charge < -0.3 is 14.7 Å². The van der Waals surface area contributed by atoms with E-state index in [1.807, 2.05) is 37.3 Å². The Balaban J connectivity index is 1.34. The Bertz CT molecular complexity index is 698. The zero-order chi connectivity index (χ0) is 18.4. The molecule has 0 bridgehead atoms. The summed E-state index contributed by atoms with van der Waals surface area (Å²) in [4.78, 5) is 4.97. The molecule has 1 N–H and O–H groups in total. The van der Waals surface area contributed by atoms with Crippen LogP contribution in [0.1, 0.15) is 11.1 Å². The lowest BCUT2D eigenvalue weighted by molar-refractivity contribution is 0.117. The summed E-state index contributed by atoms with van der Waals surface area (Å²) >= 11 is 5.98. The van der Waals surface area contributed by atoms with Gasteiger partial charge in [-0.2, -0.15) is 0 Å². The molecule has 0 atom stereocenters. The highest BCUT2D eigenvalue weighted by Gasteiger charge is 2.16. The highest BCUT2D eigenvalue weighted by Crippen LogP contribution is 2.21. The lowest BCUT2D eigenvalue weighted by Crippen LogP contribution is -2.47. The number of hydrogen-bond acceptors (Lipinski definition) is 4. The maximum absolute atomic E-state index is 9.34. The van der Waals surface area contributed by atoms with E-state index in [2.05, 4.69) is 9.80 Å². The van der Waals surface area contributed by atoms with Crippen LogP contribution >= 0.6 is 11.6 Å². The summed E-state index contributed by atoms with van der Waals surface area (Å²) in [5.74, 6) is 1.25. The van der Waals surface area contributed by atoms with E-state index in [4.69, 9.17) is 16.3 Å². The highest BCUT2D eigenvalue weighted by atomic mass is 35.5. The molecule has 0 aliphatic carbocycles. The van der Waals surface area contributed by atoms with E-state index in [0.29, 0.717) is 12.4 Å². The number of ether oxygens (including phenoxy) is 1. The van der Waals surface area contributed by atoms with Gasteiger partial charge in [0.05, 0.1) is 0 Å². The van der Waals surface area contributed by atoms with Gasteiger partial charge in [0.1, 0.15) is 18.1 Å². The predicted octanol–water partition coefficient (Wildman–Crippen LogP) is 3.59. The van der Waals surface area contributed by atoms with Crippen molar-refractivity contribution >= 4 is 11.6 Å². The van der Waals surface area contributed by atoms with Gasteiger partial charge in [0.25, 0.3) is 0 Å². The third kappa shape index (κ3) is 5.63. The van der Waals surface area contributed by atoms with E-state index in [9.17, 15) is 5.11 Å². The maximum atomic E-state index is 9.34. The van der Waals surface area contributed by atoms with Gasteiger partial charge in [0.15, 0.2) is 0 Å². The normalized spacial score (nSPS) is 15.9. The Kier molecular flexibility index (Phi) is 6.78. The topological polar surface area (TPSA) is 35.9 Å². The Morgan fingerprint density at radius 1 is 0.962 bits per heavy atom. The zero-order valence-corrected chi connectivity index (χ0v) is 16.1. The van der Waals surface area contributed by atoms with E-state index in [1.54, 1.807) is 12.1 Å². The molecular formula is C21H27ClN2O2. The average molecular weight is 375 g/mol. The van der Waals surface area contributed by atoms with Crippen LogP contribution in [0.25, 0.3) is 0 Å². The number of phenols is 1. The van der Waals surface area contributed by atoms with Crippen LogP contribution in [0.2, 0.25) is 5.02 Å². The molecule has 0 amide bonds. The number of aryl methyl sites for hydroxylation is 1. The summed E-state index contributed by atoms with van der Waals surface area (Å²) < 4.78 is 5.90. The van der Waals surface area contributed by atoms with Gasteiger partial charge in [-0.1, -0.05) is 23.7 Å². The minimum absolute atomic E-state index is 0.332. The molecule has 0 unspecified atom stereocenters. The first-order chi connectivity index (χ1) is 12.6. The van der Waals surface area contributed by atoms with E-state index < -0.39 is 0 Å². The molecule has 0 saturated carbocycles. The monoisotopic (exact) mass is 374 g/mol. The molecule has 4 nitrogen and oxygen atoms in total. The van der Waals surface area contributed by atoms with Gasteiger partial charge in [-0.3, -0.25) is 4.90 Å². The predicted molar refractivity (Wildman–Crippen MR) is 106 cm³/mol. The van der Waals surface area contributed by atoms with Gasteiger partial charge in [-0.25, -0.2) is 0 Å². The van der Waals surface area contributed by atoms with E-state index in [0.717, 1.165) is 62.0 Å². The Labute approximate surface area is 160 Å². The summed E-state index contributed by atoms with van der Waals surface area (Å²) in [5.41, 5.74) is 2.36. The summed E-state index contributed by atoms with van der Waals surface area (Å²) in [6.07, 6.45) is 1.03. The fraction of sp³-hybridized carbons (Fsp3) is 0.429.